The van der Waals surface area contributed by atoms with E-state index >= 15 is 0 Å². The van der Waals surface area contributed by atoms with Crippen molar-refractivity contribution >= 4 is 58.5 Å². The van der Waals surface area contributed by atoms with E-state index in [2.05, 4.69) is 60.4 Å². The maximum absolute atomic E-state index is 10.8. The van der Waals surface area contributed by atoms with Crippen molar-refractivity contribution in [2.24, 2.45) is 11.8 Å². The Labute approximate surface area is 436 Å². The topological polar surface area (TPSA) is 133 Å². The summed E-state index contributed by atoms with van der Waals surface area (Å²) in [6, 6.07) is 0. The summed E-state index contributed by atoms with van der Waals surface area (Å²) in [5.74, 6) is 0.0399. The van der Waals surface area contributed by atoms with Crippen LogP contribution in [-0.4, -0.2) is 76.9 Å². The van der Waals surface area contributed by atoms with Gasteiger partial charge in [0.05, 0.1) is 13.2 Å². The molecule has 0 heterocycles. The van der Waals surface area contributed by atoms with E-state index in [1.807, 2.05) is 0 Å². The predicted molar refractivity (Wildman–Crippen MR) is 279 cm³/mol. The van der Waals surface area contributed by atoms with Crippen LogP contribution in [0.25, 0.3) is 0 Å². The number of unbranched alkanes of at least 4 members (excludes halogenated alkanes) is 36. The van der Waals surface area contributed by atoms with E-state index < -0.39 is 20.8 Å². The number of hydrogen-bond donors (Lipinski definition) is 0. The van der Waals surface area contributed by atoms with Crippen LogP contribution < -0.4 is 0 Å². The summed E-state index contributed by atoms with van der Waals surface area (Å²) in [4.78, 5) is 0. The maximum Gasteiger partial charge on any atom is 2.00 e. The molecule has 0 saturated heterocycles. The van der Waals surface area contributed by atoms with E-state index in [1.165, 1.54) is 231 Å². The van der Waals surface area contributed by atoms with Gasteiger partial charge in [0.15, 0.2) is 0 Å². The van der Waals surface area contributed by atoms with Gasteiger partial charge in [-0.1, -0.05) is 283 Å². The third-order valence-electron chi connectivity index (χ3n) is 12.5. The first kappa shape index (κ1) is 69.7. The van der Waals surface area contributed by atoms with E-state index in [4.69, 9.17) is 0 Å². The zero-order valence-corrected chi connectivity index (χ0v) is 47.2. The van der Waals surface area contributed by atoms with Gasteiger partial charge in [0.25, 0.3) is 0 Å². The Morgan fingerprint density at radius 1 is 0.338 bits per heavy atom. The van der Waals surface area contributed by atoms with Gasteiger partial charge in [-0.05, 0) is 38.5 Å². The molecule has 0 bridgehead atoms. The molecule has 0 rings (SSSR count). The van der Waals surface area contributed by atoms with Crippen LogP contribution >= 0.6 is 0 Å². The van der Waals surface area contributed by atoms with Crippen LogP contribution in [0, 0.1) is 11.8 Å². The van der Waals surface area contributed by atoms with Gasteiger partial charge in [0.1, 0.15) is 0 Å². The fraction of sp³-hybridized carbons (Fsp3) is 0.926. The predicted octanol–water partition coefficient (Wildman–Crippen LogP) is 17.4. The number of allylic oxidation sites excluding steroid dienone is 2. The first-order chi connectivity index (χ1) is 31.0. The smallest absolute Gasteiger partial charge is 0.726 e. The summed E-state index contributed by atoms with van der Waals surface area (Å²) < 4.78 is 74.0. The standard InChI is InChI=1S/2C27H54O4S.Ca/c2*1-3-5-7-9-11-13-14-15-16-17-19-21-23-25-27(26-31-32(28,29)30)24-22-20-18-12-10-8-6-4-2;/h2*23,25,27H,3-22,24,26H2,1-2H3,(H,28,29,30);/q;;+2/p-2/b2*25-23+;. The van der Waals surface area contributed by atoms with Crippen molar-refractivity contribution in [2.75, 3.05) is 13.2 Å². The fourth-order valence-electron chi connectivity index (χ4n) is 8.32. The van der Waals surface area contributed by atoms with Crippen LogP contribution in [0.15, 0.2) is 24.3 Å². The average Bonchev–Trinajstić information content (AvgIpc) is 3.26. The van der Waals surface area contributed by atoms with Crippen LogP contribution in [0.5, 0.6) is 0 Å². The SMILES string of the molecule is CCCCCCCCCCCCC/C=C/C(CCCCCCCCCC)COS(=O)(=O)[O-].CCCCCCCCCCCCC/C=C/C(CCCCCCCCCC)COS(=O)(=O)[O-].[Ca+2]. The fourth-order valence-corrected chi connectivity index (χ4v) is 9.01. The van der Waals surface area contributed by atoms with Crippen molar-refractivity contribution in [3.8, 4) is 0 Å². The Kier molecular flexibility index (Phi) is 59.4. The van der Waals surface area contributed by atoms with Gasteiger partial charge in [0, 0.05) is 11.8 Å². The Morgan fingerprint density at radius 2 is 0.538 bits per heavy atom. The summed E-state index contributed by atoms with van der Waals surface area (Å²) in [5, 5.41) is 0. The summed E-state index contributed by atoms with van der Waals surface area (Å²) in [6.07, 6.45) is 61.7. The van der Waals surface area contributed by atoms with Crippen molar-refractivity contribution < 1.29 is 34.3 Å². The molecule has 65 heavy (non-hydrogen) atoms. The monoisotopic (exact) mass is 987 g/mol. The van der Waals surface area contributed by atoms with Crippen molar-refractivity contribution in [3.05, 3.63) is 24.3 Å². The minimum atomic E-state index is -4.61. The zero-order valence-electron chi connectivity index (χ0n) is 43.4. The van der Waals surface area contributed by atoms with E-state index in [1.54, 1.807) is 0 Å². The normalized spacial score (nSPS) is 13.0. The van der Waals surface area contributed by atoms with Crippen molar-refractivity contribution in [1.82, 2.24) is 0 Å². The molecule has 2 atom stereocenters. The second kappa shape index (κ2) is 55.4. The third-order valence-corrected chi connectivity index (χ3v) is 13.3. The molecule has 2 unspecified atom stereocenters. The third kappa shape index (κ3) is 64.5. The van der Waals surface area contributed by atoms with Gasteiger partial charge in [0.2, 0.25) is 20.8 Å². The van der Waals surface area contributed by atoms with Crippen molar-refractivity contribution in [3.63, 3.8) is 0 Å². The van der Waals surface area contributed by atoms with Crippen LogP contribution in [0.2, 0.25) is 0 Å². The van der Waals surface area contributed by atoms with Crippen molar-refractivity contribution in [2.45, 2.75) is 297 Å². The molecule has 0 aromatic rings. The second-order valence-corrected chi connectivity index (χ2v) is 21.0. The molecule has 0 spiro atoms. The van der Waals surface area contributed by atoms with E-state index in [0.29, 0.717) is 0 Å². The van der Waals surface area contributed by atoms with Gasteiger partial charge in [-0.3, -0.25) is 8.37 Å². The summed E-state index contributed by atoms with van der Waals surface area (Å²) >= 11 is 0. The molecule has 0 aliphatic carbocycles. The van der Waals surface area contributed by atoms with Crippen molar-refractivity contribution in [1.29, 1.82) is 0 Å². The molecule has 0 saturated carbocycles. The molecule has 0 aromatic carbocycles. The number of hydrogen-bond acceptors (Lipinski definition) is 8. The zero-order chi connectivity index (χ0) is 47.5. The van der Waals surface area contributed by atoms with Gasteiger partial charge in [-0.15, -0.1) is 0 Å². The molecule has 0 aliphatic heterocycles. The molecule has 0 N–H and O–H groups in total. The first-order valence-corrected chi connectivity index (χ1v) is 30.2. The van der Waals surface area contributed by atoms with Crippen LogP contribution in [-0.2, 0) is 29.2 Å². The molecule has 384 valence electrons. The van der Waals surface area contributed by atoms with Gasteiger partial charge in [-0.25, -0.2) is 16.8 Å². The van der Waals surface area contributed by atoms with Crippen LogP contribution in [0.1, 0.15) is 297 Å². The molecule has 0 radical (unpaired) electrons. The molecule has 11 heteroatoms. The van der Waals surface area contributed by atoms with Gasteiger partial charge >= 0.3 is 37.7 Å². The molecule has 0 aromatic heterocycles. The Balaban J connectivity index is -0.00000116. The van der Waals surface area contributed by atoms with Gasteiger partial charge in [-0.2, -0.15) is 0 Å². The van der Waals surface area contributed by atoms with Gasteiger partial charge < -0.3 is 9.11 Å². The quantitative estimate of drug-likeness (QED) is 0.0193. The molecule has 8 nitrogen and oxygen atoms in total. The Bertz CT molecular complexity index is 1100. The molecular formula is C54H106CaO8S2. The second-order valence-electron chi connectivity index (χ2n) is 18.9. The summed E-state index contributed by atoms with van der Waals surface area (Å²) in [6.45, 7) is 8.95. The van der Waals surface area contributed by atoms with Crippen LogP contribution in [0.4, 0.5) is 0 Å². The Morgan fingerprint density at radius 3 is 0.754 bits per heavy atom. The molecule has 0 aliphatic rings. The maximum atomic E-state index is 10.8. The summed E-state index contributed by atoms with van der Waals surface area (Å²) in [5.41, 5.74) is 0. The minimum absolute atomic E-state index is 0. The molecule has 0 fully saturated rings. The largest absolute Gasteiger partial charge is 2.00 e. The summed E-state index contributed by atoms with van der Waals surface area (Å²) in [7, 11) is -9.22. The van der Waals surface area contributed by atoms with E-state index in [9.17, 15) is 25.9 Å². The van der Waals surface area contributed by atoms with Crippen LogP contribution in [0.3, 0.4) is 0 Å². The first-order valence-electron chi connectivity index (χ1n) is 27.5. The molecular weight excluding hydrogens is 881 g/mol. The Hall–Kier alpha value is 0.480. The molecule has 0 amide bonds. The van der Waals surface area contributed by atoms with E-state index in [0.717, 1.165) is 38.5 Å². The minimum Gasteiger partial charge on any atom is -0.726 e. The van der Waals surface area contributed by atoms with E-state index in [-0.39, 0.29) is 62.8 Å². The average molecular weight is 988 g/mol. The number of rotatable bonds is 50.